The number of piperazine rings is 1. The largest absolute Gasteiger partial charge is 0.444 e. The zero-order valence-corrected chi connectivity index (χ0v) is 39.1. The zero-order valence-electron chi connectivity index (χ0n) is 39.1. The van der Waals surface area contributed by atoms with E-state index in [-0.39, 0.29) is 54.7 Å². The van der Waals surface area contributed by atoms with Gasteiger partial charge < -0.3 is 39.5 Å². The van der Waals surface area contributed by atoms with Crippen molar-refractivity contribution in [1.29, 1.82) is 0 Å². The van der Waals surface area contributed by atoms with Crippen molar-refractivity contribution in [2.75, 3.05) is 101 Å². The molecule has 21 nitrogen and oxygen atoms in total. The van der Waals surface area contributed by atoms with Crippen molar-refractivity contribution in [2.45, 2.75) is 38.2 Å². The van der Waals surface area contributed by atoms with Crippen molar-refractivity contribution < 1.29 is 56.2 Å². The topological polar surface area (TPSA) is 245 Å². The number of nitrogens with zero attached hydrogens (tertiary/aromatic N) is 7. The average Bonchev–Trinajstić information content (AvgIpc) is 3.79. The van der Waals surface area contributed by atoms with Gasteiger partial charge in [-0.2, -0.15) is 5.10 Å². The van der Waals surface area contributed by atoms with Crippen LogP contribution in [0.3, 0.4) is 0 Å². The lowest BCUT2D eigenvalue weighted by Gasteiger charge is -2.36. The summed E-state index contributed by atoms with van der Waals surface area (Å²) in [5.41, 5.74) is 1.53. The molecule has 0 spiro atoms. The second-order valence-electron chi connectivity index (χ2n) is 17.5. The summed E-state index contributed by atoms with van der Waals surface area (Å²) in [5.74, 6) is -1.76. The lowest BCUT2D eigenvalue weighted by molar-refractivity contribution is -0.136. The van der Waals surface area contributed by atoms with Crippen LogP contribution in [0.1, 0.15) is 79.4 Å². The molecule has 5 aromatic rings. The minimum atomic E-state index is -3.00. The van der Waals surface area contributed by atoms with Gasteiger partial charge in [0.2, 0.25) is 17.7 Å². The van der Waals surface area contributed by atoms with E-state index < -0.39 is 47.7 Å². The first kappa shape index (κ1) is 49.5. The normalized spacial score (nSPS) is 17.1. The summed E-state index contributed by atoms with van der Waals surface area (Å²) in [5, 5.41) is 14.7. The number of benzene rings is 2. The Morgan fingerprint density at radius 3 is 2.35 bits per heavy atom. The molecule has 3 fully saturated rings. The van der Waals surface area contributed by atoms with E-state index in [9.17, 15) is 37.5 Å². The molecule has 72 heavy (non-hydrogen) atoms. The first-order valence-electron chi connectivity index (χ1n) is 23.8. The number of oxazole rings is 1. The molecule has 2 aromatic carbocycles. The van der Waals surface area contributed by atoms with Gasteiger partial charge in [-0.15, -0.1) is 0 Å². The van der Waals surface area contributed by atoms with Crippen LogP contribution in [0.25, 0.3) is 17.1 Å². The summed E-state index contributed by atoms with van der Waals surface area (Å²) >= 11 is 0. The van der Waals surface area contributed by atoms with Gasteiger partial charge in [0.1, 0.15) is 18.1 Å². The van der Waals surface area contributed by atoms with Crippen LogP contribution in [0.15, 0.2) is 77.7 Å². The maximum atomic E-state index is 14.1. The van der Waals surface area contributed by atoms with Crippen LogP contribution in [-0.2, 0) is 23.8 Å². The number of halogens is 2. The van der Waals surface area contributed by atoms with Crippen LogP contribution in [0.5, 0.6) is 0 Å². The maximum Gasteiger partial charge on any atom is 0.284 e. The van der Waals surface area contributed by atoms with Gasteiger partial charge in [-0.25, -0.2) is 23.4 Å². The van der Waals surface area contributed by atoms with E-state index in [0.717, 1.165) is 30.8 Å². The molecule has 0 radical (unpaired) electrons. The predicted octanol–water partition coefficient (Wildman–Crippen LogP) is 3.94. The highest BCUT2D eigenvalue weighted by atomic mass is 19.3. The number of piperidine rings is 1. The number of amides is 6. The fourth-order valence-corrected chi connectivity index (χ4v) is 8.52. The van der Waals surface area contributed by atoms with Crippen molar-refractivity contribution >= 4 is 52.6 Å². The molecule has 9 rings (SSSR count). The molecule has 1 aliphatic carbocycles. The molecule has 1 unspecified atom stereocenters. The fourth-order valence-electron chi connectivity index (χ4n) is 8.52. The van der Waals surface area contributed by atoms with Crippen LogP contribution in [0.2, 0.25) is 0 Å². The number of alkyl halides is 2. The Hall–Kier alpha value is -7.47. The van der Waals surface area contributed by atoms with E-state index in [1.54, 1.807) is 42.6 Å². The Morgan fingerprint density at radius 1 is 0.861 bits per heavy atom. The van der Waals surface area contributed by atoms with Gasteiger partial charge in [0.25, 0.3) is 30.1 Å². The van der Waals surface area contributed by atoms with Gasteiger partial charge in [0, 0.05) is 69.6 Å². The SMILES string of the molecule is O=C1CCC(N2C(=O)c3cccc(N4CCN(CCOCCOCCOCCNC(=O)c5ccc(-n6cc(NC(=O)c7coc(-c8ccnc(NCC9CC9)c8)n7)c(C(F)F)n6)cc5)CC4)c3C2=O)C(=O)N1. The monoisotopic (exact) mass is 993 g/mol. The smallest absolute Gasteiger partial charge is 0.284 e. The molecule has 4 N–H and O–H groups in total. The molecule has 3 aromatic heterocycles. The number of fused-ring (bicyclic) bond motifs is 1. The molecule has 23 heteroatoms. The van der Waals surface area contributed by atoms with Crippen molar-refractivity contribution in [1.82, 2.24) is 40.2 Å². The minimum absolute atomic E-state index is 0.0602. The van der Waals surface area contributed by atoms with E-state index in [2.05, 4.69) is 46.1 Å². The molecule has 1 saturated carbocycles. The van der Waals surface area contributed by atoms with Crippen LogP contribution in [-0.4, -0.2) is 156 Å². The second kappa shape index (κ2) is 22.7. The Bertz CT molecular complexity index is 2790. The first-order chi connectivity index (χ1) is 35.0. The number of hydrogen-bond acceptors (Lipinski definition) is 16. The van der Waals surface area contributed by atoms with Crippen molar-refractivity contribution in [3.63, 3.8) is 0 Å². The molecule has 3 aliphatic heterocycles. The van der Waals surface area contributed by atoms with Gasteiger partial charge >= 0.3 is 0 Å². The Labute approximate surface area is 411 Å². The number of aromatic nitrogens is 4. The first-order valence-corrected chi connectivity index (χ1v) is 23.8. The second-order valence-corrected chi connectivity index (χ2v) is 17.5. The number of carbonyl (C=O) groups excluding carboxylic acids is 6. The number of pyridine rings is 1. The third-order valence-electron chi connectivity index (χ3n) is 12.6. The van der Waals surface area contributed by atoms with Gasteiger partial charge in [-0.05, 0) is 73.7 Å². The number of anilines is 3. The van der Waals surface area contributed by atoms with E-state index >= 15 is 0 Å². The molecule has 2 saturated heterocycles. The van der Waals surface area contributed by atoms with Crippen molar-refractivity contribution in [3.8, 4) is 17.1 Å². The fraction of sp³-hybridized carbons (Fsp3) is 0.408. The number of rotatable bonds is 23. The molecule has 6 amide bonds. The third-order valence-corrected chi connectivity index (χ3v) is 12.6. The van der Waals surface area contributed by atoms with Gasteiger partial charge in [0.15, 0.2) is 11.4 Å². The number of carbonyl (C=O) groups is 6. The Morgan fingerprint density at radius 2 is 1.61 bits per heavy atom. The van der Waals surface area contributed by atoms with E-state index in [4.69, 9.17) is 18.6 Å². The average molecular weight is 994 g/mol. The van der Waals surface area contributed by atoms with E-state index in [0.29, 0.717) is 92.5 Å². The molecule has 1 atom stereocenters. The van der Waals surface area contributed by atoms with Crippen LogP contribution in [0.4, 0.5) is 26.0 Å². The van der Waals surface area contributed by atoms with Gasteiger partial charge in [-0.3, -0.25) is 43.9 Å². The van der Waals surface area contributed by atoms with Crippen LogP contribution in [0, 0.1) is 5.92 Å². The summed E-state index contributed by atoms with van der Waals surface area (Å²) in [4.78, 5) is 90.7. The van der Waals surface area contributed by atoms with Crippen molar-refractivity contribution in [3.05, 3.63) is 101 Å². The van der Waals surface area contributed by atoms with Crippen molar-refractivity contribution in [2.24, 2.45) is 5.92 Å². The number of nitrogens with one attached hydrogen (secondary N) is 4. The standard InChI is InChI=1S/C49H53F2N11O10/c50-43(51)42-35(55-45(65)36-29-72-47(56-36)32-12-13-52-39(26-32)54-27-30-4-5-30)28-61(58-42)33-8-6-31(7-9-33)44(64)53-14-20-69-22-24-71-25-23-70-21-19-59-15-17-60(18-16-59)37-3-1-2-34-41(37)49(68)62(48(34)67)38-10-11-40(63)57-46(38)66/h1-3,6-9,12-13,26,28-30,38,43H,4-5,10-11,14-25,27H2,(H,52,54)(H,53,64)(H,55,65)(H,57,63,66). The number of hydrogen-bond donors (Lipinski definition) is 4. The maximum absolute atomic E-state index is 14.1. The molecule has 6 heterocycles. The quantitative estimate of drug-likeness (QED) is 0.0535. The highest BCUT2D eigenvalue weighted by Gasteiger charge is 2.46. The predicted molar refractivity (Wildman–Crippen MR) is 254 cm³/mol. The summed E-state index contributed by atoms with van der Waals surface area (Å²) < 4.78 is 51.8. The van der Waals surface area contributed by atoms with Crippen LogP contribution >= 0.6 is 0 Å². The summed E-state index contributed by atoms with van der Waals surface area (Å²) in [6.07, 6.45) is 3.54. The minimum Gasteiger partial charge on any atom is -0.444 e. The van der Waals surface area contributed by atoms with E-state index in [1.165, 1.54) is 35.9 Å². The lowest BCUT2D eigenvalue weighted by Crippen LogP contribution is -2.54. The summed E-state index contributed by atoms with van der Waals surface area (Å²) in [7, 11) is 0. The third kappa shape index (κ3) is 11.8. The molecular formula is C49H53F2N11O10. The van der Waals surface area contributed by atoms with Crippen LogP contribution < -0.4 is 26.2 Å². The zero-order chi connectivity index (χ0) is 50.1. The molecule has 4 aliphatic rings. The Kier molecular flexibility index (Phi) is 15.6. The molecular weight excluding hydrogens is 941 g/mol. The van der Waals surface area contributed by atoms with Gasteiger partial charge in [-0.1, -0.05) is 6.07 Å². The summed E-state index contributed by atoms with van der Waals surface area (Å²) in [6.45, 7) is 6.62. The molecule has 378 valence electrons. The van der Waals surface area contributed by atoms with Gasteiger partial charge in [0.05, 0.1) is 74.0 Å². The highest BCUT2D eigenvalue weighted by molar-refractivity contribution is 6.25. The molecule has 0 bridgehead atoms. The number of ether oxygens (including phenoxy) is 3. The number of imide groups is 2. The Balaban J connectivity index is 0.627. The highest BCUT2D eigenvalue weighted by Crippen LogP contribution is 2.35. The summed E-state index contributed by atoms with van der Waals surface area (Å²) in [6, 6.07) is 13.7. The van der Waals surface area contributed by atoms with E-state index in [1.807, 2.05) is 6.07 Å². The lowest BCUT2D eigenvalue weighted by atomic mass is 10.0.